The highest BCUT2D eigenvalue weighted by atomic mass is 127. The van der Waals surface area contributed by atoms with Crippen LogP contribution in [0.2, 0.25) is 0 Å². The topological polar surface area (TPSA) is 70.2 Å². The number of hydrogen-bond donors (Lipinski definition) is 2. The van der Waals surface area contributed by atoms with Gasteiger partial charge in [0.1, 0.15) is 11.3 Å². The number of rotatable bonds is 5. The highest BCUT2D eigenvalue weighted by Crippen LogP contribution is 2.54. The van der Waals surface area contributed by atoms with E-state index in [2.05, 4.69) is 54.0 Å². The van der Waals surface area contributed by atoms with Gasteiger partial charge in [-0.3, -0.25) is 15.4 Å². The Kier molecular flexibility index (Phi) is 3.25. The second-order valence-corrected chi connectivity index (χ2v) is 9.52. The van der Waals surface area contributed by atoms with Gasteiger partial charge in [0.2, 0.25) is 0 Å². The Balaban J connectivity index is 1.79. The van der Waals surface area contributed by atoms with E-state index >= 15 is 0 Å². The number of carbonyl (C=O) groups is 1. The van der Waals surface area contributed by atoms with E-state index in [4.69, 9.17) is 4.74 Å². The molecule has 1 atom stereocenters. The maximum absolute atomic E-state index is 12.8. The summed E-state index contributed by atoms with van der Waals surface area (Å²) in [5.41, 5.74) is -0.432. The maximum Gasteiger partial charge on any atom is 0.325 e. The van der Waals surface area contributed by atoms with Gasteiger partial charge in [-0.2, -0.15) is 0 Å². The number of halogens is 1. The van der Waals surface area contributed by atoms with E-state index in [1.54, 1.807) is 0 Å². The SMILES string of the molecule is CCC(C)(C)C1(OC(=O)C(C)(I)C23NC2N3)CCCC1. The summed E-state index contributed by atoms with van der Waals surface area (Å²) < 4.78 is 5.65. The second kappa shape index (κ2) is 4.32. The first-order valence-electron chi connectivity index (χ1n) is 7.69. The van der Waals surface area contributed by atoms with Crippen LogP contribution < -0.4 is 10.6 Å². The van der Waals surface area contributed by atoms with Crippen molar-refractivity contribution < 1.29 is 9.53 Å². The average molecular weight is 392 g/mol. The van der Waals surface area contributed by atoms with Crippen LogP contribution in [0.15, 0.2) is 0 Å². The van der Waals surface area contributed by atoms with Crippen molar-refractivity contribution in [1.82, 2.24) is 10.6 Å². The third kappa shape index (κ3) is 1.88. The van der Waals surface area contributed by atoms with Gasteiger partial charge in [0, 0.05) is 5.41 Å². The fourth-order valence-corrected chi connectivity index (χ4v) is 4.27. The van der Waals surface area contributed by atoms with Gasteiger partial charge in [0.25, 0.3) is 0 Å². The number of alkyl halides is 1. The van der Waals surface area contributed by atoms with Crippen LogP contribution >= 0.6 is 22.6 Å². The van der Waals surface area contributed by atoms with Gasteiger partial charge in [0.15, 0.2) is 3.42 Å². The van der Waals surface area contributed by atoms with E-state index in [1.165, 1.54) is 12.8 Å². The third-order valence-corrected chi connectivity index (χ3v) is 7.24. The monoisotopic (exact) mass is 392 g/mol. The standard InChI is InChI=1S/C15H25IN2O2/c1-5-12(2,3)14(8-6-7-9-14)20-11(19)13(4,16)15-10(17-15)18-15/h10,17-18H,5-9H2,1-4H3. The molecule has 2 saturated heterocycles. The zero-order valence-corrected chi connectivity index (χ0v) is 15.0. The smallest absolute Gasteiger partial charge is 0.325 e. The quantitative estimate of drug-likeness (QED) is 0.327. The number of ether oxygens (including phenoxy) is 1. The Morgan fingerprint density at radius 3 is 2.20 bits per heavy atom. The summed E-state index contributed by atoms with van der Waals surface area (Å²) in [7, 11) is 0. The Labute approximate surface area is 134 Å². The molecule has 5 heteroatoms. The van der Waals surface area contributed by atoms with Crippen LogP contribution in [-0.4, -0.2) is 26.8 Å². The minimum Gasteiger partial charge on any atom is -0.457 e. The zero-order chi connectivity index (χ0) is 14.8. The predicted octanol–water partition coefficient (Wildman–Crippen LogP) is 2.70. The zero-order valence-electron chi connectivity index (χ0n) is 12.8. The molecule has 2 aliphatic heterocycles. The normalized spacial score (nSPS) is 37.0. The minimum absolute atomic E-state index is 0.0386. The van der Waals surface area contributed by atoms with Gasteiger partial charge in [-0.05, 0) is 39.0 Å². The summed E-state index contributed by atoms with van der Waals surface area (Å²) in [6.45, 7) is 8.64. The van der Waals surface area contributed by atoms with Crippen molar-refractivity contribution in [3.63, 3.8) is 0 Å². The van der Waals surface area contributed by atoms with Crippen LogP contribution in [0.25, 0.3) is 0 Å². The van der Waals surface area contributed by atoms with Crippen LogP contribution in [0.1, 0.15) is 59.8 Å². The third-order valence-electron chi connectivity index (χ3n) is 5.95. The van der Waals surface area contributed by atoms with Crippen LogP contribution in [0.5, 0.6) is 0 Å². The molecule has 2 N–H and O–H groups in total. The van der Waals surface area contributed by atoms with E-state index in [0.717, 1.165) is 19.3 Å². The minimum atomic E-state index is -0.533. The van der Waals surface area contributed by atoms with Crippen LogP contribution in [-0.2, 0) is 9.53 Å². The molecule has 0 aromatic carbocycles. The van der Waals surface area contributed by atoms with Crippen molar-refractivity contribution in [3.8, 4) is 0 Å². The molecule has 20 heavy (non-hydrogen) atoms. The predicted molar refractivity (Wildman–Crippen MR) is 86.6 cm³/mol. The summed E-state index contributed by atoms with van der Waals surface area (Å²) in [6, 6.07) is 0. The van der Waals surface area contributed by atoms with Gasteiger partial charge in [0.05, 0.1) is 6.17 Å². The summed E-state index contributed by atoms with van der Waals surface area (Å²) in [4.78, 5) is 12.8. The van der Waals surface area contributed by atoms with Crippen molar-refractivity contribution in [2.75, 3.05) is 0 Å². The van der Waals surface area contributed by atoms with Gasteiger partial charge < -0.3 is 4.74 Å². The Bertz CT molecular complexity index is 435. The Hall–Kier alpha value is 0.120. The molecule has 0 radical (unpaired) electrons. The van der Waals surface area contributed by atoms with Crippen molar-refractivity contribution in [2.45, 2.75) is 80.7 Å². The molecule has 1 aliphatic carbocycles. The molecule has 1 unspecified atom stereocenters. The molecule has 114 valence electrons. The molecular weight excluding hydrogens is 367 g/mol. The van der Waals surface area contributed by atoms with Crippen molar-refractivity contribution in [2.24, 2.45) is 5.41 Å². The summed E-state index contributed by atoms with van der Waals surface area (Å²) in [5, 5.41) is 6.60. The van der Waals surface area contributed by atoms with Crippen molar-refractivity contribution in [1.29, 1.82) is 0 Å². The first-order chi connectivity index (χ1) is 9.21. The largest absolute Gasteiger partial charge is 0.457 e. The molecule has 1 saturated carbocycles. The lowest BCUT2D eigenvalue weighted by atomic mass is 9.71. The Morgan fingerprint density at radius 2 is 1.80 bits per heavy atom. The second-order valence-electron chi connectivity index (χ2n) is 7.36. The summed E-state index contributed by atoms with van der Waals surface area (Å²) >= 11 is 2.25. The van der Waals surface area contributed by atoms with E-state index in [1.807, 2.05) is 6.92 Å². The number of nitrogens with one attached hydrogen (secondary N) is 2. The number of hydrogen-bond acceptors (Lipinski definition) is 4. The van der Waals surface area contributed by atoms with Gasteiger partial charge >= 0.3 is 5.97 Å². The highest BCUT2D eigenvalue weighted by molar-refractivity contribution is 14.1. The summed E-state index contributed by atoms with van der Waals surface area (Å²) in [6.07, 6.45) is 5.68. The first-order valence-corrected chi connectivity index (χ1v) is 8.76. The lowest BCUT2D eigenvalue weighted by molar-refractivity contribution is -0.177. The fraction of sp³-hybridized carbons (Fsp3) is 0.933. The average Bonchev–Trinajstić information content (AvgIpc) is 3.19. The molecule has 3 fully saturated rings. The van der Waals surface area contributed by atoms with Gasteiger partial charge in [-0.1, -0.05) is 43.4 Å². The molecule has 0 bridgehead atoms. The molecular formula is C15H25IN2O2. The molecule has 3 aliphatic rings. The van der Waals surface area contributed by atoms with E-state index < -0.39 is 3.42 Å². The lowest BCUT2D eigenvalue weighted by Gasteiger charge is -2.44. The van der Waals surface area contributed by atoms with E-state index in [-0.39, 0.29) is 22.6 Å². The lowest BCUT2D eigenvalue weighted by Crippen LogP contribution is -2.53. The molecule has 0 spiro atoms. The molecule has 3 rings (SSSR count). The van der Waals surface area contributed by atoms with Crippen LogP contribution in [0.3, 0.4) is 0 Å². The first kappa shape index (κ1) is 15.0. The van der Waals surface area contributed by atoms with Crippen molar-refractivity contribution >= 4 is 28.6 Å². The maximum atomic E-state index is 12.8. The van der Waals surface area contributed by atoms with Crippen LogP contribution in [0.4, 0.5) is 0 Å². The van der Waals surface area contributed by atoms with Gasteiger partial charge in [-0.25, -0.2) is 0 Å². The van der Waals surface area contributed by atoms with Crippen LogP contribution in [0, 0.1) is 5.41 Å². The van der Waals surface area contributed by atoms with E-state index in [9.17, 15) is 4.79 Å². The molecule has 2 heterocycles. The Morgan fingerprint density at radius 1 is 1.30 bits per heavy atom. The molecule has 4 nitrogen and oxygen atoms in total. The van der Waals surface area contributed by atoms with Gasteiger partial charge in [-0.15, -0.1) is 0 Å². The number of esters is 1. The highest BCUT2D eigenvalue weighted by Gasteiger charge is 2.81. The fourth-order valence-electron chi connectivity index (χ4n) is 3.53. The number of carbonyl (C=O) groups excluding carboxylic acids is 1. The summed E-state index contributed by atoms with van der Waals surface area (Å²) in [5.74, 6) is -0.0680. The molecule has 0 amide bonds. The molecule has 0 aromatic heterocycles. The molecule has 0 aromatic rings. The number of fused-ring (bicyclic) bond motifs is 1. The van der Waals surface area contributed by atoms with Crippen molar-refractivity contribution in [3.05, 3.63) is 0 Å². The van der Waals surface area contributed by atoms with E-state index in [0.29, 0.717) is 6.17 Å².